The van der Waals surface area contributed by atoms with Crippen molar-refractivity contribution in [3.63, 3.8) is 0 Å². The van der Waals surface area contributed by atoms with E-state index < -0.39 is 0 Å². The molecule has 1 aromatic carbocycles. The fraction of sp³-hybridized carbons (Fsp3) is 0.462. The number of nitrogens with one attached hydrogen (secondary N) is 2. The number of benzene rings is 1. The summed E-state index contributed by atoms with van der Waals surface area (Å²) in [6.45, 7) is 4.74. The smallest absolute Gasteiger partial charge is 0.224 e. The van der Waals surface area contributed by atoms with Gasteiger partial charge in [0.2, 0.25) is 5.91 Å². The molecule has 1 atom stereocenters. The number of amides is 1. The molecule has 0 saturated heterocycles. The normalized spacial score (nSPS) is 11.5. The van der Waals surface area contributed by atoms with Crippen LogP contribution in [0.5, 0.6) is 0 Å². The molecule has 3 nitrogen and oxygen atoms in total. The maximum absolute atomic E-state index is 11.6. The maximum Gasteiger partial charge on any atom is 0.224 e. The molecule has 0 saturated carbocycles. The van der Waals surface area contributed by atoms with Crippen molar-refractivity contribution in [3.8, 4) is 0 Å². The van der Waals surface area contributed by atoms with E-state index in [1.165, 1.54) is 5.56 Å². The lowest BCUT2D eigenvalue weighted by molar-refractivity contribution is -0.120. The van der Waals surface area contributed by atoms with Gasteiger partial charge < -0.3 is 10.6 Å². The highest BCUT2D eigenvalue weighted by Gasteiger charge is 2.04. The standard InChI is InChI=1S/C13H20N2O.ClH/c1-10-4-6-12(7-5-10)8-13(16)15-9-11(2)14-3;/h4-7,11,14H,8-9H2,1-3H3,(H,15,16);1H. The topological polar surface area (TPSA) is 41.1 Å². The van der Waals surface area contributed by atoms with Gasteiger partial charge in [0.1, 0.15) is 0 Å². The van der Waals surface area contributed by atoms with Crippen LogP contribution in [0.1, 0.15) is 18.1 Å². The number of likely N-dealkylation sites (N-methyl/N-ethyl adjacent to an activating group) is 1. The summed E-state index contributed by atoms with van der Waals surface area (Å²) in [5, 5.41) is 5.97. The molecule has 0 fully saturated rings. The van der Waals surface area contributed by atoms with Gasteiger partial charge in [-0.1, -0.05) is 29.8 Å². The lowest BCUT2D eigenvalue weighted by Gasteiger charge is -2.11. The summed E-state index contributed by atoms with van der Waals surface area (Å²) in [5.74, 6) is 0.0750. The van der Waals surface area contributed by atoms with Gasteiger partial charge >= 0.3 is 0 Å². The van der Waals surface area contributed by atoms with Gasteiger partial charge in [0.25, 0.3) is 0 Å². The molecule has 4 heteroatoms. The van der Waals surface area contributed by atoms with E-state index in [-0.39, 0.29) is 18.3 Å². The van der Waals surface area contributed by atoms with E-state index in [1.54, 1.807) is 0 Å². The number of halogens is 1. The molecule has 1 amide bonds. The van der Waals surface area contributed by atoms with Gasteiger partial charge in [-0.05, 0) is 26.5 Å². The second kappa shape index (κ2) is 8.09. The molecule has 1 aromatic rings. The summed E-state index contributed by atoms with van der Waals surface area (Å²) in [5.41, 5.74) is 2.27. The molecule has 0 aliphatic rings. The minimum atomic E-state index is 0. The Balaban J connectivity index is 0.00000256. The Morgan fingerprint density at radius 1 is 1.29 bits per heavy atom. The van der Waals surface area contributed by atoms with Crippen LogP contribution < -0.4 is 10.6 Å². The van der Waals surface area contributed by atoms with Crippen LogP contribution in [-0.2, 0) is 11.2 Å². The average molecular weight is 257 g/mol. The first kappa shape index (κ1) is 15.9. The van der Waals surface area contributed by atoms with Crippen molar-refractivity contribution in [2.45, 2.75) is 26.3 Å². The molecular formula is C13H21ClN2O. The highest BCUT2D eigenvalue weighted by molar-refractivity contribution is 5.85. The highest BCUT2D eigenvalue weighted by Crippen LogP contribution is 2.03. The van der Waals surface area contributed by atoms with E-state index in [0.29, 0.717) is 19.0 Å². The van der Waals surface area contributed by atoms with Gasteiger partial charge in [0.15, 0.2) is 0 Å². The largest absolute Gasteiger partial charge is 0.354 e. The van der Waals surface area contributed by atoms with E-state index in [4.69, 9.17) is 0 Å². The number of hydrogen-bond acceptors (Lipinski definition) is 2. The van der Waals surface area contributed by atoms with Crippen molar-refractivity contribution in [1.82, 2.24) is 10.6 Å². The zero-order valence-electron chi connectivity index (χ0n) is 10.6. The zero-order chi connectivity index (χ0) is 12.0. The predicted molar refractivity (Wildman–Crippen MR) is 73.7 cm³/mol. The average Bonchev–Trinajstić information content (AvgIpc) is 2.29. The van der Waals surface area contributed by atoms with E-state index >= 15 is 0 Å². The van der Waals surface area contributed by atoms with Crippen LogP contribution in [0.15, 0.2) is 24.3 Å². The number of hydrogen-bond donors (Lipinski definition) is 2. The summed E-state index contributed by atoms with van der Waals surface area (Å²) >= 11 is 0. The van der Waals surface area contributed by atoms with Crippen LogP contribution in [0.2, 0.25) is 0 Å². The second-order valence-electron chi connectivity index (χ2n) is 4.16. The number of rotatable bonds is 5. The molecule has 2 N–H and O–H groups in total. The Morgan fingerprint density at radius 2 is 1.88 bits per heavy atom. The predicted octanol–water partition coefficient (Wildman–Crippen LogP) is 1.68. The first-order valence-electron chi connectivity index (χ1n) is 5.61. The summed E-state index contributed by atoms with van der Waals surface area (Å²) in [4.78, 5) is 11.6. The molecule has 0 bridgehead atoms. The van der Waals surface area contributed by atoms with Crippen molar-refractivity contribution >= 4 is 18.3 Å². The molecule has 0 radical (unpaired) electrons. The molecule has 0 aliphatic carbocycles. The van der Waals surface area contributed by atoms with Gasteiger partial charge in [0, 0.05) is 12.6 Å². The van der Waals surface area contributed by atoms with E-state index in [0.717, 1.165) is 5.56 Å². The number of aryl methyl sites for hydroxylation is 1. The lowest BCUT2D eigenvalue weighted by Crippen LogP contribution is -2.37. The maximum atomic E-state index is 11.6. The minimum Gasteiger partial charge on any atom is -0.354 e. The van der Waals surface area contributed by atoms with Crippen LogP contribution in [0.4, 0.5) is 0 Å². The fourth-order valence-corrected chi connectivity index (χ4v) is 1.32. The molecule has 1 unspecified atom stereocenters. The zero-order valence-corrected chi connectivity index (χ0v) is 11.4. The molecule has 1 rings (SSSR count). The molecule has 17 heavy (non-hydrogen) atoms. The Bertz CT molecular complexity index is 338. The molecule has 0 spiro atoms. The minimum absolute atomic E-state index is 0. The van der Waals surface area contributed by atoms with Gasteiger partial charge in [-0.25, -0.2) is 0 Å². The third-order valence-corrected chi connectivity index (χ3v) is 2.58. The molecule has 0 aliphatic heterocycles. The monoisotopic (exact) mass is 256 g/mol. The summed E-state index contributed by atoms with van der Waals surface area (Å²) in [7, 11) is 1.89. The SMILES string of the molecule is CNC(C)CNC(=O)Cc1ccc(C)cc1.Cl. The van der Waals surface area contributed by atoms with Crippen LogP contribution in [0.3, 0.4) is 0 Å². The molecular weight excluding hydrogens is 236 g/mol. The Kier molecular flexibility index (Phi) is 7.59. The molecule has 0 aromatic heterocycles. The van der Waals surface area contributed by atoms with Gasteiger partial charge in [-0.2, -0.15) is 0 Å². The fourth-order valence-electron chi connectivity index (χ4n) is 1.32. The summed E-state index contributed by atoms with van der Waals surface area (Å²) < 4.78 is 0. The molecule has 96 valence electrons. The van der Waals surface area contributed by atoms with E-state index in [1.807, 2.05) is 45.2 Å². The van der Waals surface area contributed by atoms with Gasteiger partial charge in [0.05, 0.1) is 6.42 Å². The molecule has 0 heterocycles. The lowest BCUT2D eigenvalue weighted by atomic mass is 10.1. The van der Waals surface area contributed by atoms with Crippen molar-refractivity contribution in [1.29, 1.82) is 0 Å². The Labute approximate surface area is 109 Å². The van der Waals surface area contributed by atoms with Crippen LogP contribution in [-0.4, -0.2) is 25.5 Å². The van der Waals surface area contributed by atoms with Gasteiger partial charge in [-0.3, -0.25) is 4.79 Å². The van der Waals surface area contributed by atoms with Crippen LogP contribution in [0.25, 0.3) is 0 Å². The summed E-state index contributed by atoms with van der Waals surface area (Å²) in [6, 6.07) is 8.35. The third kappa shape index (κ3) is 6.29. The third-order valence-electron chi connectivity index (χ3n) is 2.58. The van der Waals surface area contributed by atoms with Crippen LogP contribution in [0, 0.1) is 6.92 Å². The van der Waals surface area contributed by atoms with Crippen molar-refractivity contribution in [3.05, 3.63) is 35.4 Å². The summed E-state index contributed by atoms with van der Waals surface area (Å²) in [6.07, 6.45) is 0.455. The van der Waals surface area contributed by atoms with Crippen molar-refractivity contribution in [2.24, 2.45) is 0 Å². The Morgan fingerprint density at radius 3 is 2.41 bits per heavy atom. The van der Waals surface area contributed by atoms with Crippen molar-refractivity contribution in [2.75, 3.05) is 13.6 Å². The second-order valence-corrected chi connectivity index (χ2v) is 4.16. The number of carbonyl (C=O) groups is 1. The first-order chi connectivity index (χ1) is 7.61. The van der Waals surface area contributed by atoms with E-state index in [2.05, 4.69) is 10.6 Å². The van der Waals surface area contributed by atoms with Crippen LogP contribution >= 0.6 is 12.4 Å². The van der Waals surface area contributed by atoms with Gasteiger partial charge in [-0.15, -0.1) is 12.4 Å². The number of carbonyl (C=O) groups excluding carboxylic acids is 1. The quantitative estimate of drug-likeness (QED) is 0.842. The first-order valence-corrected chi connectivity index (χ1v) is 5.61. The Hall–Kier alpha value is -1.06. The van der Waals surface area contributed by atoms with E-state index in [9.17, 15) is 4.79 Å². The highest BCUT2D eigenvalue weighted by atomic mass is 35.5. The van der Waals surface area contributed by atoms with Crippen molar-refractivity contribution < 1.29 is 4.79 Å².